The van der Waals surface area contributed by atoms with Gasteiger partial charge in [0.05, 0.1) is 17.2 Å². The minimum Gasteiger partial charge on any atom is -0.317 e. The predicted octanol–water partition coefficient (Wildman–Crippen LogP) is 4.06. The Labute approximate surface area is 154 Å². The van der Waals surface area contributed by atoms with Crippen molar-refractivity contribution in [1.82, 2.24) is 19.4 Å². The van der Waals surface area contributed by atoms with E-state index in [1.165, 1.54) is 40.8 Å². The first-order valence-corrected chi connectivity index (χ1v) is 9.53. The maximum atomic E-state index is 4.79. The summed E-state index contributed by atoms with van der Waals surface area (Å²) >= 11 is 0. The lowest BCUT2D eigenvalue weighted by molar-refractivity contribution is 0.311. The molecule has 0 spiro atoms. The van der Waals surface area contributed by atoms with Gasteiger partial charge in [-0.2, -0.15) is 0 Å². The van der Waals surface area contributed by atoms with Gasteiger partial charge in [-0.1, -0.05) is 24.3 Å². The van der Waals surface area contributed by atoms with Gasteiger partial charge in [-0.05, 0) is 49.9 Å². The van der Waals surface area contributed by atoms with Gasteiger partial charge in [0, 0.05) is 37.0 Å². The fourth-order valence-electron chi connectivity index (χ4n) is 4.47. The van der Waals surface area contributed by atoms with Crippen molar-refractivity contribution in [2.45, 2.75) is 39.2 Å². The van der Waals surface area contributed by atoms with Crippen molar-refractivity contribution < 1.29 is 0 Å². The molecule has 5 rings (SSSR count). The highest BCUT2D eigenvalue weighted by Crippen LogP contribution is 2.34. The second-order valence-electron chi connectivity index (χ2n) is 7.60. The molecule has 0 unspecified atom stereocenters. The molecule has 2 aliphatic rings. The standard InChI is InChI=1S/C22H24N4/c1-15-23-12-21-22(24-15)19-14-25(2)11-10-20(19)26(21)13-17-8-5-7-16-6-3-4-9-18(16)17/h3-4,6,9,12-13H,5,7-8,10-11,14H2,1-2H3/b17-13+. The van der Waals surface area contributed by atoms with Crippen LogP contribution in [0.3, 0.4) is 0 Å². The van der Waals surface area contributed by atoms with Crippen LogP contribution in [0.15, 0.2) is 30.5 Å². The van der Waals surface area contributed by atoms with E-state index in [-0.39, 0.29) is 0 Å². The van der Waals surface area contributed by atoms with Crippen molar-refractivity contribution in [2.75, 3.05) is 13.6 Å². The van der Waals surface area contributed by atoms with Crippen LogP contribution < -0.4 is 0 Å². The van der Waals surface area contributed by atoms with E-state index in [1.54, 1.807) is 0 Å². The van der Waals surface area contributed by atoms with Crippen molar-refractivity contribution in [1.29, 1.82) is 0 Å². The Morgan fingerprint density at radius 1 is 1.12 bits per heavy atom. The Morgan fingerprint density at radius 2 is 2.00 bits per heavy atom. The van der Waals surface area contributed by atoms with Crippen LogP contribution >= 0.6 is 0 Å². The maximum absolute atomic E-state index is 4.79. The lowest BCUT2D eigenvalue weighted by Gasteiger charge is -2.24. The third-order valence-electron chi connectivity index (χ3n) is 5.77. The maximum Gasteiger partial charge on any atom is 0.126 e. The lowest BCUT2D eigenvalue weighted by Crippen LogP contribution is -2.27. The van der Waals surface area contributed by atoms with Gasteiger partial charge in [0.2, 0.25) is 0 Å². The van der Waals surface area contributed by atoms with Crippen LogP contribution in [0.4, 0.5) is 0 Å². The zero-order chi connectivity index (χ0) is 17.7. The van der Waals surface area contributed by atoms with Gasteiger partial charge in [0.25, 0.3) is 0 Å². The number of hydrogen-bond donors (Lipinski definition) is 0. The average molecular weight is 344 g/mol. The number of benzene rings is 1. The first-order valence-electron chi connectivity index (χ1n) is 9.53. The van der Waals surface area contributed by atoms with E-state index >= 15 is 0 Å². The van der Waals surface area contributed by atoms with Gasteiger partial charge in [0.1, 0.15) is 5.82 Å². The number of aromatic nitrogens is 3. The van der Waals surface area contributed by atoms with E-state index in [4.69, 9.17) is 4.98 Å². The number of rotatable bonds is 1. The second kappa shape index (κ2) is 6.06. The number of aryl methyl sites for hydroxylation is 2. The fraction of sp³-hybridized carbons (Fsp3) is 0.364. The minimum atomic E-state index is 0.848. The van der Waals surface area contributed by atoms with E-state index in [2.05, 4.69) is 52.0 Å². The first-order chi connectivity index (χ1) is 12.7. The van der Waals surface area contributed by atoms with Crippen molar-refractivity contribution in [2.24, 2.45) is 0 Å². The zero-order valence-corrected chi connectivity index (χ0v) is 15.5. The van der Waals surface area contributed by atoms with Crippen LogP contribution in [0, 0.1) is 6.92 Å². The topological polar surface area (TPSA) is 34.0 Å². The van der Waals surface area contributed by atoms with Crippen LogP contribution in [0.25, 0.3) is 22.8 Å². The summed E-state index contributed by atoms with van der Waals surface area (Å²) in [4.78, 5) is 11.7. The summed E-state index contributed by atoms with van der Waals surface area (Å²) in [6.07, 6.45) is 8.98. The van der Waals surface area contributed by atoms with Crippen molar-refractivity contribution in [3.63, 3.8) is 0 Å². The van der Waals surface area contributed by atoms with Gasteiger partial charge >= 0.3 is 0 Å². The Kier molecular flexibility index (Phi) is 3.68. The minimum absolute atomic E-state index is 0.848. The summed E-state index contributed by atoms with van der Waals surface area (Å²) in [7, 11) is 2.19. The normalized spacial score (nSPS) is 18.9. The Bertz CT molecular complexity index is 1030. The highest BCUT2D eigenvalue weighted by atomic mass is 15.1. The molecule has 4 heteroatoms. The monoisotopic (exact) mass is 344 g/mol. The summed E-state index contributed by atoms with van der Waals surface area (Å²) < 4.78 is 2.38. The summed E-state index contributed by atoms with van der Waals surface area (Å²) in [5, 5.41) is 0. The summed E-state index contributed by atoms with van der Waals surface area (Å²) in [5.74, 6) is 0.848. The highest BCUT2D eigenvalue weighted by Gasteiger charge is 2.24. The predicted molar refractivity (Wildman–Crippen MR) is 106 cm³/mol. The van der Waals surface area contributed by atoms with Crippen LogP contribution in [-0.2, 0) is 19.4 Å². The number of nitrogens with zero attached hydrogens (tertiary/aromatic N) is 4. The zero-order valence-electron chi connectivity index (χ0n) is 15.5. The molecule has 4 nitrogen and oxygen atoms in total. The molecule has 0 atom stereocenters. The molecule has 0 radical (unpaired) electrons. The highest BCUT2D eigenvalue weighted by molar-refractivity contribution is 5.87. The van der Waals surface area contributed by atoms with E-state index in [1.807, 2.05) is 13.1 Å². The smallest absolute Gasteiger partial charge is 0.126 e. The van der Waals surface area contributed by atoms with Gasteiger partial charge in [-0.3, -0.25) is 0 Å². The molecule has 0 amide bonds. The van der Waals surface area contributed by atoms with Gasteiger partial charge in [-0.15, -0.1) is 0 Å². The molecule has 1 aliphatic heterocycles. The fourth-order valence-corrected chi connectivity index (χ4v) is 4.47. The second-order valence-corrected chi connectivity index (χ2v) is 7.60. The molecule has 0 fully saturated rings. The Balaban J connectivity index is 1.74. The number of allylic oxidation sites excluding steroid dienone is 1. The molecule has 1 aromatic carbocycles. The SMILES string of the molecule is Cc1ncc2c(n1)c1c(n2/C=C2\CCCc3ccccc32)CCN(C)C1. The molecule has 3 heterocycles. The van der Waals surface area contributed by atoms with Crippen molar-refractivity contribution in [3.8, 4) is 0 Å². The van der Waals surface area contributed by atoms with Crippen LogP contribution in [-0.4, -0.2) is 33.0 Å². The molecule has 1 aliphatic carbocycles. The first kappa shape index (κ1) is 15.8. The van der Waals surface area contributed by atoms with Crippen LogP contribution in [0.5, 0.6) is 0 Å². The third kappa shape index (κ3) is 2.48. The van der Waals surface area contributed by atoms with E-state index in [0.717, 1.165) is 42.8 Å². The molecule has 132 valence electrons. The lowest BCUT2D eigenvalue weighted by atomic mass is 9.88. The molecule has 3 aromatic rings. The van der Waals surface area contributed by atoms with Crippen LogP contribution in [0.1, 0.15) is 41.1 Å². The molecule has 26 heavy (non-hydrogen) atoms. The largest absolute Gasteiger partial charge is 0.317 e. The summed E-state index contributed by atoms with van der Waals surface area (Å²) in [6, 6.07) is 8.85. The van der Waals surface area contributed by atoms with Crippen molar-refractivity contribution >= 4 is 22.8 Å². The summed E-state index contributed by atoms with van der Waals surface area (Å²) in [6.45, 7) is 4.04. The molecular weight excluding hydrogens is 320 g/mol. The van der Waals surface area contributed by atoms with Crippen LogP contribution in [0.2, 0.25) is 0 Å². The average Bonchev–Trinajstić information content (AvgIpc) is 2.94. The number of likely N-dealkylation sites (N-methyl/N-ethyl adjacent to an activating group) is 1. The number of fused-ring (bicyclic) bond motifs is 4. The van der Waals surface area contributed by atoms with Gasteiger partial charge in [-0.25, -0.2) is 9.97 Å². The summed E-state index contributed by atoms with van der Waals surface area (Å²) in [5.41, 5.74) is 9.38. The number of hydrogen-bond acceptors (Lipinski definition) is 3. The Morgan fingerprint density at radius 3 is 2.92 bits per heavy atom. The van der Waals surface area contributed by atoms with E-state index in [9.17, 15) is 0 Å². The molecular formula is C22H24N4. The third-order valence-corrected chi connectivity index (χ3v) is 5.77. The molecule has 0 N–H and O–H groups in total. The van der Waals surface area contributed by atoms with Crippen molar-refractivity contribution in [3.05, 3.63) is 58.7 Å². The Hall–Kier alpha value is -2.46. The van der Waals surface area contributed by atoms with E-state index < -0.39 is 0 Å². The molecule has 2 aromatic heterocycles. The quantitative estimate of drug-likeness (QED) is 0.667. The van der Waals surface area contributed by atoms with E-state index in [0.29, 0.717) is 0 Å². The molecule has 0 saturated carbocycles. The molecule has 0 bridgehead atoms. The molecule has 0 saturated heterocycles. The van der Waals surface area contributed by atoms with Gasteiger partial charge in [0.15, 0.2) is 0 Å². The van der Waals surface area contributed by atoms with Gasteiger partial charge < -0.3 is 9.47 Å².